The van der Waals surface area contributed by atoms with Gasteiger partial charge in [-0.2, -0.15) is 10.2 Å². The highest BCUT2D eigenvalue weighted by molar-refractivity contribution is 9.09. The number of halogens is 1. The van der Waals surface area contributed by atoms with Crippen LogP contribution < -0.4 is 4.74 Å². The first-order valence-corrected chi connectivity index (χ1v) is 6.45. The third-order valence-corrected chi connectivity index (χ3v) is 3.13. The molecule has 0 fully saturated rings. The molecule has 18 heavy (non-hydrogen) atoms. The van der Waals surface area contributed by atoms with Crippen LogP contribution >= 0.6 is 15.9 Å². The van der Waals surface area contributed by atoms with Gasteiger partial charge in [0.25, 0.3) is 0 Å². The average Bonchev–Trinajstić information content (AvgIpc) is 2.46. The Hall–Kier alpha value is -1.68. The SMILES string of the molecule is COc1ccc(C(Br)N=Nc2ccccc2)cc1. The summed E-state index contributed by atoms with van der Waals surface area (Å²) in [6, 6.07) is 17.4. The summed E-state index contributed by atoms with van der Waals surface area (Å²) in [5.41, 5.74) is 1.88. The maximum atomic E-state index is 5.11. The Morgan fingerprint density at radius 3 is 2.28 bits per heavy atom. The van der Waals surface area contributed by atoms with Crippen LogP contribution in [0.2, 0.25) is 0 Å². The fraction of sp³-hybridized carbons (Fsp3) is 0.143. The van der Waals surface area contributed by atoms with Crippen molar-refractivity contribution in [2.45, 2.75) is 4.95 Å². The lowest BCUT2D eigenvalue weighted by Crippen LogP contribution is -1.86. The second-order valence-corrected chi connectivity index (χ2v) is 4.53. The van der Waals surface area contributed by atoms with Crippen molar-refractivity contribution in [3.63, 3.8) is 0 Å². The number of alkyl halides is 1. The summed E-state index contributed by atoms with van der Waals surface area (Å²) in [7, 11) is 1.65. The Morgan fingerprint density at radius 2 is 1.67 bits per heavy atom. The minimum absolute atomic E-state index is 0.149. The van der Waals surface area contributed by atoms with Gasteiger partial charge in [-0.1, -0.05) is 46.3 Å². The van der Waals surface area contributed by atoms with Crippen molar-refractivity contribution in [3.05, 3.63) is 60.2 Å². The maximum absolute atomic E-state index is 5.11. The summed E-state index contributed by atoms with van der Waals surface area (Å²) in [6.45, 7) is 0. The molecule has 0 radical (unpaired) electrons. The van der Waals surface area contributed by atoms with Crippen LogP contribution in [0, 0.1) is 0 Å². The quantitative estimate of drug-likeness (QED) is 0.450. The molecule has 2 aromatic carbocycles. The summed E-state index contributed by atoms with van der Waals surface area (Å²) < 4.78 is 5.11. The fourth-order valence-corrected chi connectivity index (χ4v) is 1.84. The third kappa shape index (κ3) is 3.40. The Kier molecular flexibility index (Phi) is 4.47. The molecule has 0 spiro atoms. The number of rotatable bonds is 4. The number of ether oxygens (including phenoxy) is 1. The van der Waals surface area contributed by atoms with Gasteiger partial charge < -0.3 is 4.74 Å². The van der Waals surface area contributed by atoms with E-state index in [0.717, 1.165) is 17.0 Å². The minimum atomic E-state index is -0.149. The zero-order valence-electron chi connectivity index (χ0n) is 9.95. The Bertz CT molecular complexity index is 511. The first kappa shape index (κ1) is 12.8. The smallest absolute Gasteiger partial charge is 0.151 e. The molecule has 2 aromatic rings. The molecule has 3 nitrogen and oxygen atoms in total. The number of hydrogen-bond acceptors (Lipinski definition) is 3. The standard InChI is InChI=1S/C14H13BrN2O/c1-18-13-9-7-11(8-10-13)14(15)17-16-12-5-3-2-4-6-12/h2-10,14H,1H3. The second kappa shape index (κ2) is 6.31. The fourth-order valence-electron chi connectivity index (χ4n) is 1.44. The van der Waals surface area contributed by atoms with Gasteiger partial charge in [0.15, 0.2) is 4.95 Å². The normalized spacial score (nSPS) is 12.6. The van der Waals surface area contributed by atoms with Crippen molar-refractivity contribution in [1.29, 1.82) is 0 Å². The first-order valence-electron chi connectivity index (χ1n) is 5.53. The van der Waals surface area contributed by atoms with Crippen LogP contribution in [0.5, 0.6) is 5.75 Å². The van der Waals surface area contributed by atoms with E-state index >= 15 is 0 Å². The van der Waals surface area contributed by atoms with Gasteiger partial charge in [-0.3, -0.25) is 0 Å². The molecule has 1 atom stereocenters. The van der Waals surface area contributed by atoms with Gasteiger partial charge in [-0.15, -0.1) is 0 Å². The Morgan fingerprint density at radius 1 is 1.00 bits per heavy atom. The zero-order valence-corrected chi connectivity index (χ0v) is 11.5. The lowest BCUT2D eigenvalue weighted by atomic mass is 10.2. The highest BCUT2D eigenvalue weighted by Crippen LogP contribution is 2.27. The second-order valence-electron chi connectivity index (χ2n) is 3.66. The zero-order chi connectivity index (χ0) is 12.8. The van der Waals surface area contributed by atoms with Crippen molar-refractivity contribution in [2.24, 2.45) is 10.2 Å². The predicted molar refractivity (Wildman–Crippen MR) is 75.6 cm³/mol. The van der Waals surface area contributed by atoms with Gasteiger partial charge >= 0.3 is 0 Å². The first-order chi connectivity index (χ1) is 8.79. The molecule has 0 saturated heterocycles. The van der Waals surface area contributed by atoms with E-state index in [1.54, 1.807) is 7.11 Å². The molecule has 0 amide bonds. The highest BCUT2D eigenvalue weighted by Gasteiger charge is 2.05. The average molecular weight is 305 g/mol. The van der Waals surface area contributed by atoms with Crippen LogP contribution in [0.15, 0.2) is 64.8 Å². The Balaban J connectivity index is 2.07. The third-order valence-electron chi connectivity index (χ3n) is 2.42. The number of hydrogen-bond donors (Lipinski definition) is 0. The number of nitrogens with zero attached hydrogens (tertiary/aromatic N) is 2. The summed E-state index contributed by atoms with van der Waals surface area (Å²) in [5, 5.41) is 8.39. The van der Waals surface area contributed by atoms with Gasteiger partial charge in [-0.25, -0.2) is 0 Å². The molecule has 0 aliphatic carbocycles. The van der Waals surface area contributed by atoms with E-state index in [1.165, 1.54) is 0 Å². The monoisotopic (exact) mass is 304 g/mol. The van der Waals surface area contributed by atoms with Crippen molar-refractivity contribution in [3.8, 4) is 5.75 Å². The lowest BCUT2D eigenvalue weighted by molar-refractivity contribution is 0.414. The molecule has 0 heterocycles. The summed E-state index contributed by atoms with van der Waals surface area (Å²) in [6.07, 6.45) is 0. The molecule has 0 bridgehead atoms. The van der Waals surface area contributed by atoms with Crippen LogP contribution in [0.4, 0.5) is 5.69 Å². The summed E-state index contributed by atoms with van der Waals surface area (Å²) in [5.74, 6) is 0.832. The molecular weight excluding hydrogens is 292 g/mol. The van der Waals surface area contributed by atoms with E-state index in [9.17, 15) is 0 Å². The molecular formula is C14H13BrN2O. The number of methoxy groups -OCH3 is 1. The van der Waals surface area contributed by atoms with E-state index in [1.807, 2.05) is 54.6 Å². The van der Waals surface area contributed by atoms with E-state index in [4.69, 9.17) is 4.74 Å². The molecule has 0 aliphatic rings. The number of azo groups is 1. The molecule has 0 aromatic heterocycles. The largest absolute Gasteiger partial charge is 0.497 e. The van der Waals surface area contributed by atoms with Gasteiger partial charge in [0, 0.05) is 0 Å². The molecule has 2 rings (SSSR count). The van der Waals surface area contributed by atoms with Gasteiger partial charge in [-0.05, 0) is 29.8 Å². The predicted octanol–water partition coefficient (Wildman–Crippen LogP) is 4.87. The van der Waals surface area contributed by atoms with Gasteiger partial charge in [0.05, 0.1) is 12.8 Å². The molecule has 0 aliphatic heterocycles. The molecule has 1 unspecified atom stereocenters. The van der Waals surface area contributed by atoms with Gasteiger partial charge in [0.1, 0.15) is 5.75 Å². The van der Waals surface area contributed by atoms with E-state index in [-0.39, 0.29) is 4.95 Å². The minimum Gasteiger partial charge on any atom is -0.497 e. The summed E-state index contributed by atoms with van der Waals surface area (Å²) in [4.78, 5) is -0.149. The van der Waals surface area contributed by atoms with Crippen molar-refractivity contribution in [1.82, 2.24) is 0 Å². The summed E-state index contributed by atoms with van der Waals surface area (Å²) >= 11 is 3.49. The molecule has 0 saturated carbocycles. The molecule has 92 valence electrons. The molecule has 0 N–H and O–H groups in total. The van der Waals surface area contributed by atoms with Crippen LogP contribution in [-0.2, 0) is 0 Å². The van der Waals surface area contributed by atoms with Crippen molar-refractivity contribution >= 4 is 21.6 Å². The van der Waals surface area contributed by atoms with Crippen molar-refractivity contribution < 1.29 is 4.74 Å². The maximum Gasteiger partial charge on any atom is 0.151 e. The Labute approximate surface area is 115 Å². The number of benzene rings is 2. The molecule has 4 heteroatoms. The van der Waals surface area contributed by atoms with Crippen LogP contribution in [0.25, 0.3) is 0 Å². The van der Waals surface area contributed by atoms with E-state index in [0.29, 0.717) is 0 Å². The topological polar surface area (TPSA) is 34.0 Å². The van der Waals surface area contributed by atoms with Gasteiger partial charge in [0.2, 0.25) is 0 Å². The van der Waals surface area contributed by atoms with E-state index in [2.05, 4.69) is 26.2 Å². The van der Waals surface area contributed by atoms with Crippen LogP contribution in [0.1, 0.15) is 10.5 Å². The lowest BCUT2D eigenvalue weighted by Gasteiger charge is -2.05. The van der Waals surface area contributed by atoms with E-state index < -0.39 is 0 Å². The van der Waals surface area contributed by atoms with Crippen molar-refractivity contribution in [2.75, 3.05) is 7.11 Å². The highest BCUT2D eigenvalue weighted by atomic mass is 79.9. The van der Waals surface area contributed by atoms with Crippen LogP contribution in [0.3, 0.4) is 0 Å². The van der Waals surface area contributed by atoms with Crippen LogP contribution in [-0.4, -0.2) is 7.11 Å².